The molecule has 2 fully saturated rings. The third-order valence-corrected chi connectivity index (χ3v) is 3.80. The monoisotopic (exact) mass is 218 g/mol. The normalized spacial score (nSPS) is 33.7. The van der Waals surface area contributed by atoms with Crippen LogP contribution in [0.4, 0.5) is 0 Å². The van der Waals surface area contributed by atoms with Crippen LogP contribution >= 0.6 is 0 Å². The fourth-order valence-electron chi connectivity index (χ4n) is 2.92. The maximum atomic E-state index is 5.18. The summed E-state index contributed by atoms with van der Waals surface area (Å²) in [6.07, 6.45) is 9.68. The van der Waals surface area contributed by atoms with Crippen molar-refractivity contribution in [3.63, 3.8) is 0 Å². The number of nitrogens with zero attached hydrogens (tertiary/aromatic N) is 1. The molecule has 0 amide bonds. The third kappa shape index (κ3) is 1.92. The van der Waals surface area contributed by atoms with Crippen LogP contribution in [0, 0.1) is 12.8 Å². The first-order valence-electron chi connectivity index (χ1n) is 6.19. The van der Waals surface area contributed by atoms with E-state index < -0.39 is 0 Å². The maximum Gasteiger partial charge on any atom is 0.159 e. The molecule has 0 radical (unpaired) electrons. The average Bonchev–Trinajstić information content (AvgIpc) is 2.86. The van der Waals surface area contributed by atoms with Crippen molar-refractivity contribution in [2.45, 2.75) is 44.7 Å². The second-order valence-electron chi connectivity index (χ2n) is 5.02. The Kier molecular flexibility index (Phi) is 2.56. The molecule has 3 nitrogen and oxygen atoms in total. The van der Waals surface area contributed by atoms with Gasteiger partial charge < -0.3 is 9.84 Å². The molecule has 2 aliphatic rings. The van der Waals surface area contributed by atoms with E-state index in [1.54, 1.807) is 0 Å². The predicted molar refractivity (Wildman–Crippen MR) is 62.9 cm³/mol. The molecule has 0 aliphatic carbocycles. The average molecular weight is 218 g/mol. The minimum absolute atomic E-state index is 0.671. The Labute approximate surface area is 95.9 Å². The van der Waals surface area contributed by atoms with E-state index in [0.29, 0.717) is 12.0 Å². The predicted octanol–water partition coefficient (Wildman–Crippen LogP) is 2.53. The van der Waals surface area contributed by atoms with Crippen LogP contribution in [0.15, 0.2) is 16.7 Å². The van der Waals surface area contributed by atoms with Gasteiger partial charge in [-0.15, -0.1) is 0 Å². The first kappa shape index (κ1) is 10.1. The molecule has 3 heteroatoms. The van der Waals surface area contributed by atoms with Crippen molar-refractivity contribution in [1.29, 1.82) is 0 Å². The van der Waals surface area contributed by atoms with Gasteiger partial charge in [0, 0.05) is 18.2 Å². The van der Waals surface area contributed by atoms with Crippen LogP contribution in [-0.4, -0.2) is 17.2 Å². The second kappa shape index (κ2) is 4.06. The Hall–Kier alpha value is -1.09. The summed E-state index contributed by atoms with van der Waals surface area (Å²) in [6, 6.07) is 3.46. The Bertz CT molecular complexity index is 396. The Balaban J connectivity index is 1.67. The number of rotatable bonds is 2. The highest BCUT2D eigenvalue weighted by molar-refractivity contribution is 5.43. The van der Waals surface area contributed by atoms with Crippen LogP contribution in [-0.2, 0) is 0 Å². The smallest absolute Gasteiger partial charge is 0.159 e. The summed E-state index contributed by atoms with van der Waals surface area (Å²) in [5.41, 5.74) is 0.947. The number of aromatic nitrogens is 1. The van der Waals surface area contributed by atoms with Gasteiger partial charge >= 0.3 is 0 Å². The number of aryl methyl sites for hydroxylation is 1. The summed E-state index contributed by atoms with van der Waals surface area (Å²) in [7, 11) is 0. The van der Waals surface area contributed by atoms with E-state index in [1.807, 2.05) is 13.0 Å². The van der Waals surface area contributed by atoms with E-state index in [1.165, 1.54) is 25.7 Å². The Morgan fingerprint density at radius 3 is 3.06 bits per heavy atom. The van der Waals surface area contributed by atoms with Gasteiger partial charge in [-0.2, -0.15) is 0 Å². The molecule has 1 aromatic rings. The molecule has 2 aliphatic heterocycles. The van der Waals surface area contributed by atoms with E-state index >= 15 is 0 Å². The van der Waals surface area contributed by atoms with Gasteiger partial charge in [0.1, 0.15) is 0 Å². The highest BCUT2D eigenvalue weighted by Gasteiger charge is 2.33. The lowest BCUT2D eigenvalue weighted by Crippen LogP contribution is -2.39. The van der Waals surface area contributed by atoms with Gasteiger partial charge in [0.2, 0.25) is 0 Å². The van der Waals surface area contributed by atoms with Crippen LogP contribution in [0.25, 0.3) is 6.08 Å². The first-order chi connectivity index (χ1) is 7.81. The van der Waals surface area contributed by atoms with Gasteiger partial charge in [0.05, 0.1) is 5.69 Å². The molecule has 86 valence electrons. The van der Waals surface area contributed by atoms with E-state index in [4.69, 9.17) is 4.52 Å². The van der Waals surface area contributed by atoms with Crippen molar-refractivity contribution in [2.75, 3.05) is 0 Å². The quantitative estimate of drug-likeness (QED) is 0.829. The van der Waals surface area contributed by atoms with Crippen LogP contribution in [0.3, 0.4) is 0 Å². The lowest BCUT2D eigenvalue weighted by Gasteiger charge is -2.27. The molecule has 0 aromatic carbocycles. The maximum absolute atomic E-state index is 5.18. The summed E-state index contributed by atoms with van der Waals surface area (Å²) in [6.45, 7) is 1.95. The molecule has 2 saturated heterocycles. The molecule has 2 bridgehead atoms. The largest absolute Gasteiger partial charge is 0.357 e. The summed E-state index contributed by atoms with van der Waals surface area (Å²) >= 11 is 0. The number of nitrogens with one attached hydrogen (secondary N) is 1. The zero-order valence-corrected chi connectivity index (χ0v) is 9.65. The minimum atomic E-state index is 0.671. The highest BCUT2D eigenvalue weighted by Crippen LogP contribution is 2.32. The summed E-state index contributed by atoms with van der Waals surface area (Å²) in [5, 5.41) is 7.57. The minimum Gasteiger partial charge on any atom is -0.357 e. The van der Waals surface area contributed by atoms with Gasteiger partial charge in [-0.1, -0.05) is 11.2 Å². The molecular weight excluding hydrogens is 200 g/mol. The summed E-state index contributed by atoms with van der Waals surface area (Å²) in [4.78, 5) is 0. The van der Waals surface area contributed by atoms with Crippen LogP contribution < -0.4 is 5.32 Å². The van der Waals surface area contributed by atoms with Crippen LogP contribution in [0.5, 0.6) is 0 Å². The molecular formula is C13H18N2O. The van der Waals surface area contributed by atoms with Crippen molar-refractivity contribution in [2.24, 2.45) is 5.92 Å². The number of fused-ring (bicyclic) bond motifs is 2. The third-order valence-electron chi connectivity index (χ3n) is 3.80. The van der Waals surface area contributed by atoms with Gasteiger partial charge in [0.15, 0.2) is 5.76 Å². The molecule has 1 aromatic heterocycles. The molecule has 16 heavy (non-hydrogen) atoms. The van der Waals surface area contributed by atoms with Crippen LogP contribution in [0.1, 0.15) is 37.1 Å². The molecule has 0 saturated carbocycles. The van der Waals surface area contributed by atoms with Crippen molar-refractivity contribution < 1.29 is 4.52 Å². The van der Waals surface area contributed by atoms with E-state index in [9.17, 15) is 0 Å². The summed E-state index contributed by atoms with van der Waals surface area (Å²) in [5.74, 6) is 1.54. The van der Waals surface area contributed by atoms with Gasteiger partial charge in [-0.25, -0.2) is 0 Å². The number of piperidine rings is 1. The highest BCUT2D eigenvalue weighted by atomic mass is 16.5. The van der Waals surface area contributed by atoms with Crippen molar-refractivity contribution in [3.8, 4) is 0 Å². The number of hydrogen-bond donors (Lipinski definition) is 1. The molecule has 3 atom stereocenters. The Morgan fingerprint density at radius 1 is 1.38 bits per heavy atom. The molecule has 3 rings (SSSR count). The van der Waals surface area contributed by atoms with Crippen molar-refractivity contribution >= 4 is 6.08 Å². The topological polar surface area (TPSA) is 38.1 Å². The van der Waals surface area contributed by atoms with Gasteiger partial charge in [-0.05, 0) is 44.6 Å². The second-order valence-corrected chi connectivity index (χ2v) is 5.02. The van der Waals surface area contributed by atoms with Crippen molar-refractivity contribution in [3.05, 3.63) is 23.6 Å². The Morgan fingerprint density at radius 2 is 2.25 bits per heavy atom. The molecule has 1 N–H and O–H groups in total. The molecule has 3 unspecified atom stereocenters. The van der Waals surface area contributed by atoms with Gasteiger partial charge in [-0.3, -0.25) is 0 Å². The lowest BCUT2D eigenvalue weighted by molar-refractivity contribution is 0.338. The molecule has 0 spiro atoms. The summed E-state index contributed by atoms with van der Waals surface area (Å²) < 4.78 is 5.18. The number of hydrogen-bond acceptors (Lipinski definition) is 3. The van der Waals surface area contributed by atoms with E-state index in [2.05, 4.69) is 22.6 Å². The fraction of sp³-hybridized carbons (Fsp3) is 0.615. The fourth-order valence-corrected chi connectivity index (χ4v) is 2.92. The molecule has 3 heterocycles. The van der Waals surface area contributed by atoms with E-state index in [0.717, 1.165) is 17.5 Å². The zero-order valence-electron chi connectivity index (χ0n) is 9.65. The lowest BCUT2D eigenvalue weighted by atomic mass is 9.91. The van der Waals surface area contributed by atoms with Gasteiger partial charge in [0.25, 0.3) is 0 Å². The van der Waals surface area contributed by atoms with E-state index in [-0.39, 0.29) is 0 Å². The van der Waals surface area contributed by atoms with Crippen molar-refractivity contribution in [1.82, 2.24) is 10.5 Å². The first-order valence-corrected chi connectivity index (χ1v) is 6.19. The SMILES string of the molecule is Cc1cc(/C=C/C2CCC3CCC2N3)on1. The van der Waals surface area contributed by atoms with Crippen LogP contribution in [0.2, 0.25) is 0 Å². The standard InChI is InChI=1S/C13H18N2O/c1-9-8-12(16-15-9)6-3-10-2-4-11-5-7-13(10)14-11/h3,6,8,10-11,13-14H,2,4-5,7H2,1H3/b6-3+. The zero-order chi connectivity index (χ0) is 11.0.